The van der Waals surface area contributed by atoms with E-state index in [1.54, 1.807) is 21.7 Å². The quantitative estimate of drug-likeness (QED) is 0.782. The number of amides is 2. The van der Waals surface area contributed by atoms with Gasteiger partial charge in [-0.1, -0.05) is 0 Å². The van der Waals surface area contributed by atoms with Gasteiger partial charge in [-0.15, -0.1) is 11.3 Å². The molecule has 1 aromatic rings. The molecule has 0 aliphatic carbocycles. The smallest absolute Gasteiger partial charge is 0.225 e. The molecule has 116 valence electrons. The highest BCUT2D eigenvalue weighted by Crippen LogP contribution is 2.17. The summed E-state index contributed by atoms with van der Waals surface area (Å²) in [5, 5.41) is 4.89. The fourth-order valence-electron chi connectivity index (χ4n) is 2.30. The lowest BCUT2D eigenvalue weighted by molar-refractivity contribution is -0.129. The largest absolute Gasteiger partial charge is 0.355 e. The molecule has 21 heavy (non-hydrogen) atoms. The number of carbonyl (C=O) groups is 2. The Labute approximate surface area is 129 Å². The lowest BCUT2D eigenvalue weighted by Crippen LogP contribution is -2.36. The van der Waals surface area contributed by atoms with Crippen LogP contribution in [0.3, 0.4) is 0 Å². The van der Waals surface area contributed by atoms with Gasteiger partial charge in [0.05, 0.1) is 17.1 Å². The predicted molar refractivity (Wildman–Crippen MR) is 82.1 cm³/mol. The van der Waals surface area contributed by atoms with Crippen LogP contribution in [0.25, 0.3) is 0 Å². The van der Waals surface area contributed by atoms with Crippen LogP contribution in [0.15, 0.2) is 10.9 Å². The Kier molecular flexibility index (Phi) is 5.69. The average Bonchev–Trinajstić information content (AvgIpc) is 3.06. The SMILES string of the molecule is CN(C)CCN1C[C@H](C(=O)NCCc2cscn2)CC1=O. The first kappa shape index (κ1) is 15.9. The molecule has 1 saturated heterocycles. The number of likely N-dealkylation sites (tertiary alicyclic amines) is 1. The normalized spacial score (nSPS) is 18.5. The number of hydrogen-bond acceptors (Lipinski definition) is 5. The Bertz CT molecular complexity index is 475. The van der Waals surface area contributed by atoms with E-state index in [-0.39, 0.29) is 17.7 Å². The molecule has 0 spiro atoms. The van der Waals surface area contributed by atoms with Gasteiger partial charge in [-0.05, 0) is 14.1 Å². The van der Waals surface area contributed by atoms with Crippen LogP contribution in [0, 0.1) is 5.92 Å². The first-order chi connectivity index (χ1) is 10.1. The summed E-state index contributed by atoms with van der Waals surface area (Å²) < 4.78 is 0. The van der Waals surface area contributed by atoms with Gasteiger partial charge in [0.15, 0.2) is 0 Å². The van der Waals surface area contributed by atoms with Gasteiger partial charge in [0, 0.05) is 44.4 Å². The van der Waals surface area contributed by atoms with Gasteiger partial charge >= 0.3 is 0 Å². The minimum Gasteiger partial charge on any atom is -0.355 e. The first-order valence-corrected chi connectivity index (χ1v) is 8.08. The third-order valence-corrected chi connectivity index (χ3v) is 4.20. The number of nitrogens with zero attached hydrogens (tertiary/aromatic N) is 3. The topological polar surface area (TPSA) is 65.5 Å². The molecule has 2 amide bonds. The van der Waals surface area contributed by atoms with Gasteiger partial charge in [0.25, 0.3) is 0 Å². The first-order valence-electron chi connectivity index (χ1n) is 7.13. The minimum absolute atomic E-state index is 0.0223. The van der Waals surface area contributed by atoms with Crippen LogP contribution >= 0.6 is 11.3 Å². The molecule has 1 aliphatic rings. The van der Waals surface area contributed by atoms with E-state index < -0.39 is 0 Å². The van der Waals surface area contributed by atoms with Crippen molar-refractivity contribution in [1.29, 1.82) is 0 Å². The number of aromatic nitrogens is 1. The third-order valence-electron chi connectivity index (χ3n) is 3.57. The van der Waals surface area contributed by atoms with Crippen LogP contribution in [0.4, 0.5) is 0 Å². The van der Waals surface area contributed by atoms with Crippen molar-refractivity contribution in [3.63, 3.8) is 0 Å². The van der Waals surface area contributed by atoms with E-state index in [9.17, 15) is 9.59 Å². The molecule has 2 rings (SSSR count). The number of rotatable bonds is 7. The molecule has 0 aromatic carbocycles. The van der Waals surface area contributed by atoms with Crippen molar-refractivity contribution in [3.8, 4) is 0 Å². The highest BCUT2D eigenvalue weighted by Gasteiger charge is 2.33. The molecule has 1 N–H and O–H groups in total. The van der Waals surface area contributed by atoms with Crippen molar-refractivity contribution in [1.82, 2.24) is 20.1 Å². The summed E-state index contributed by atoms with van der Waals surface area (Å²) in [7, 11) is 3.95. The standard InChI is InChI=1S/C14H22N4O2S/c1-17(2)5-6-18-8-11(7-13(18)19)14(20)15-4-3-12-9-21-10-16-12/h9-11H,3-8H2,1-2H3,(H,15,20)/t11-/m1/s1. The monoisotopic (exact) mass is 310 g/mol. The predicted octanol–water partition coefficient (Wildman–Crippen LogP) is 0.212. The maximum Gasteiger partial charge on any atom is 0.225 e. The number of nitrogens with one attached hydrogen (secondary N) is 1. The van der Waals surface area contributed by atoms with Gasteiger partial charge in [0.1, 0.15) is 0 Å². The Morgan fingerprint density at radius 1 is 1.57 bits per heavy atom. The summed E-state index contributed by atoms with van der Waals surface area (Å²) in [5.41, 5.74) is 2.78. The second-order valence-electron chi connectivity index (χ2n) is 5.56. The summed E-state index contributed by atoms with van der Waals surface area (Å²) in [6.07, 6.45) is 1.07. The zero-order valence-corrected chi connectivity index (χ0v) is 13.4. The van der Waals surface area contributed by atoms with E-state index in [4.69, 9.17) is 0 Å². The zero-order chi connectivity index (χ0) is 15.2. The molecule has 2 heterocycles. The van der Waals surface area contributed by atoms with E-state index in [1.165, 1.54) is 0 Å². The van der Waals surface area contributed by atoms with Crippen LogP contribution in [-0.2, 0) is 16.0 Å². The van der Waals surface area contributed by atoms with E-state index in [2.05, 4.69) is 10.3 Å². The fraction of sp³-hybridized carbons (Fsp3) is 0.643. The molecule has 1 atom stereocenters. The molecule has 1 aliphatic heterocycles. The average molecular weight is 310 g/mol. The maximum absolute atomic E-state index is 12.1. The molecule has 7 heteroatoms. The fourth-order valence-corrected chi connectivity index (χ4v) is 2.90. The molecule has 1 aromatic heterocycles. The highest BCUT2D eigenvalue weighted by molar-refractivity contribution is 7.07. The van der Waals surface area contributed by atoms with Crippen molar-refractivity contribution < 1.29 is 9.59 Å². The zero-order valence-electron chi connectivity index (χ0n) is 12.5. The lowest BCUT2D eigenvalue weighted by atomic mass is 10.1. The lowest BCUT2D eigenvalue weighted by Gasteiger charge is -2.19. The van der Waals surface area contributed by atoms with Crippen molar-refractivity contribution >= 4 is 23.2 Å². The van der Waals surface area contributed by atoms with Crippen LogP contribution in [0.2, 0.25) is 0 Å². The molecule has 0 unspecified atom stereocenters. The van der Waals surface area contributed by atoms with Crippen molar-refractivity contribution in [2.45, 2.75) is 12.8 Å². The summed E-state index contributed by atoms with van der Waals surface area (Å²) >= 11 is 1.55. The Morgan fingerprint density at radius 3 is 3.05 bits per heavy atom. The van der Waals surface area contributed by atoms with Crippen LogP contribution in [0.5, 0.6) is 0 Å². The second-order valence-corrected chi connectivity index (χ2v) is 6.28. The van der Waals surface area contributed by atoms with Gasteiger partial charge < -0.3 is 15.1 Å². The molecule has 6 nitrogen and oxygen atoms in total. The Morgan fingerprint density at radius 2 is 2.38 bits per heavy atom. The van der Waals surface area contributed by atoms with Gasteiger partial charge in [-0.25, -0.2) is 4.98 Å². The van der Waals surface area contributed by atoms with E-state index in [0.29, 0.717) is 26.1 Å². The van der Waals surface area contributed by atoms with Crippen molar-refractivity contribution in [2.24, 2.45) is 5.92 Å². The molecule has 0 radical (unpaired) electrons. The molecule has 0 bridgehead atoms. The maximum atomic E-state index is 12.1. The third kappa shape index (κ3) is 4.78. The summed E-state index contributed by atoms with van der Waals surface area (Å²) in [6, 6.07) is 0. The number of carbonyl (C=O) groups excluding carboxylic acids is 2. The summed E-state index contributed by atoms with van der Waals surface area (Å²) in [6.45, 7) is 2.62. The number of thiazole rings is 1. The van der Waals surface area contributed by atoms with Gasteiger partial charge in [0.2, 0.25) is 11.8 Å². The van der Waals surface area contributed by atoms with E-state index in [0.717, 1.165) is 18.7 Å². The van der Waals surface area contributed by atoms with Gasteiger partial charge in [-0.2, -0.15) is 0 Å². The number of hydrogen-bond donors (Lipinski definition) is 1. The van der Waals surface area contributed by atoms with Crippen LogP contribution in [0.1, 0.15) is 12.1 Å². The molecular weight excluding hydrogens is 288 g/mol. The van der Waals surface area contributed by atoms with Crippen LogP contribution < -0.4 is 5.32 Å². The van der Waals surface area contributed by atoms with E-state index in [1.807, 2.05) is 24.4 Å². The molecule has 1 fully saturated rings. The summed E-state index contributed by atoms with van der Waals surface area (Å²) in [4.78, 5) is 32.0. The van der Waals surface area contributed by atoms with Crippen molar-refractivity contribution in [3.05, 3.63) is 16.6 Å². The van der Waals surface area contributed by atoms with Crippen molar-refractivity contribution in [2.75, 3.05) is 40.3 Å². The van der Waals surface area contributed by atoms with E-state index >= 15 is 0 Å². The second kappa shape index (κ2) is 7.51. The minimum atomic E-state index is -0.213. The van der Waals surface area contributed by atoms with Crippen LogP contribution in [-0.4, -0.2) is 66.9 Å². The Hall–Kier alpha value is -1.47. The Balaban J connectivity index is 1.72. The molecule has 0 saturated carbocycles. The number of likely N-dealkylation sites (N-methyl/N-ethyl adjacent to an activating group) is 1. The molecular formula is C14H22N4O2S. The van der Waals surface area contributed by atoms with Gasteiger partial charge in [-0.3, -0.25) is 9.59 Å². The highest BCUT2D eigenvalue weighted by atomic mass is 32.1. The summed E-state index contributed by atoms with van der Waals surface area (Å²) in [5.74, 6) is -0.155.